The van der Waals surface area contributed by atoms with Crippen molar-refractivity contribution in [2.75, 3.05) is 24.5 Å². The van der Waals surface area contributed by atoms with Gasteiger partial charge in [0.2, 0.25) is 15.9 Å². The fourth-order valence-electron chi connectivity index (χ4n) is 4.45. The second-order valence-electron chi connectivity index (χ2n) is 8.14. The lowest BCUT2D eigenvalue weighted by atomic mass is 9.94. The summed E-state index contributed by atoms with van der Waals surface area (Å²) < 4.78 is 27.6. The van der Waals surface area contributed by atoms with Crippen molar-refractivity contribution in [1.29, 1.82) is 0 Å². The average molecular weight is 444 g/mol. The summed E-state index contributed by atoms with van der Waals surface area (Å²) in [4.78, 5) is 26.2. The number of hydrogen-bond acceptors (Lipinski definition) is 5. The van der Waals surface area contributed by atoms with Gasteiger partial charge in [-0.05, 0) is 50.8 Å². The minimum Gasteiger partial charge on any atom is -0.312 e. The van der Waals surface area contributed by atoms with Gasteiger partial charge in [-0.2, -0.15) is 4.31 Å². The fraction of sp³-hybridized carbons (Fsp3) is 0.409. The Hall–Kier alpha value is -2.78. The van der Waals surface area contributed by atoms with Gasteiger partial charge < -0.3 is 4.90 Å². The molecule has 4 rings (SSSR count). The first-order valence-electron chi connectivity index (χ1n) is 10.4. The zero-order chi connectivity index (χ0) is 22.2. The molecule has 1 saturated heterocycles. The minimum atomic E-state index is -3.68. The van der Waals surface area contributed by atoms with Crippen LogP contribution in [0, 0.1) is 23.0 Å². The number of hydrogen-bond donors (Lipinski definition) is 0. The highest BCUT2D eigenvalue weighted by atomic mass is 32.2. The number of nitrogens with zero attached hydrogens (tertiary/aromatic N) is 3. The smallest absolute Gasteiger partial charge is 0.274 e. The van der Waals surface area contributed by atoms with E-state index in [1.807, 2.05) is 6.92 Å². The van der Waals surface area contributed by atoms with Crippen molar-refractivity contribution in [2.24, 2.45) is 5.92 Å². The largest absolute Gasteiger partial charge is 0.312 e. The van der Waals surface area contributed by atoms with Crippen LogP contribution < -0.4 is 4.90 Å². The molecule has 1 amide bonds. The highest BCUT2D eigenvalue weighted by Gasteiger charge is 2.37. The Morgan fingerprint density at radius 3 is 2.55 bits per heavy atom. The Kier molecular flexibility index (Phi) is 5.81. The van der Waals surface area contributed by atoms with E-state index in [1.165, 1.54) is 10.4 Å². The molecule has 9 heteroatoms. The van der Waals surface area contributed by atoms with Crippen molar-refractivity contribution in [1.82, 2.24) is 4.31 Å². The number of carbonyl (C=O) groups excluding carboxylic acids is 1. The molecule has 1 unspecified atom stereocenters. The summed E-state index contributed by atoms with van der Waals surface area (Å²) in [6.45, 7) is 2.87. The molecule has 164 valence electrons. The molecule has 2 heterocycles. The molecule has 1 fully saturated rings. The first kappa shape index (κ1) is 21.5. The highest BCUT2D eigenvalue weighted by Crippen LogP contribution is 2.36. The monoisotopic (exact) mass is 443 g/mol. The highest BCUT2D eigenvalue weighted by molar-refractivity contribution is 7.89. The van der Waals surface area contributed by atoms with Crippen LogP contribution in [0.15, 0.2) is 47.4 Å². The molecular weight excluding hydrogens is 418 g/mol. The predicted molar refractivity (Wildman–Crippen MR) is 116 cm³/mol. The summed E-state index contributed by atoms with van der Waals surface area (Å²) >= 11 is 0. The maximum atomic E-state index is 13.4. The Balaban J connectivity index is 1.57. The molecule has 2 aromatic carbocycles. The van der Waals surface area contributed by atoms with E-state index in [2.05, 4.69) is 0 Å². The summed E-state index contributed by atoms with van der Waals surface area (Å²) in [6.07, 6.45) is 2.38. The third-order valence-corrected chi connectivity index (χ3v) is 7.96. The van der Waals surface area contributed by atoms with Crippen molar-refractivity contribution in [3.05, 3.63) is 63.7 Å². The standard InChI is InChI=1S/C22H25N3O5S/c1-16-9-11-18(12-10-16)31(29,30)23-13-3-5-17(15-23)22(26)24-14-4-6-19-20(24)7-2-8-21(19)25(27)28/h2,7-12,17H,3-6,13-15H2,1H3. The third kappa shape index (κ3) is 4.07. The van der Waals surface area contributed by atoms with Gasteiger partial charge in [-0.15, -0.1) is 0 Å². The van der Waals surface area contributed by atoms with E-state index >= 15 is 0 Å². The zero-order valence-corrected chi connectivity index (χ0v) is 18.2. The molecular formula is C22H25N3O5S. The van der Waals surface area contributed by atoms with Gasteiger partial charge in [0.15, 0.2) is 0 Å². The summed E-state index contributed by atoms with van der Waals surface area (Å²) in [7, 11) is -3.68. The average Bonchev–Trinajstić information content (AvgIpc) is 2.78. The third-order valence-electron chi connectivity index (χ3n) is 6.08. The maximum Gasteiger partial charge on any atom is 0.274 e. The van der Waals surface area contributed by atoms with Crippen molar-refractivity contribution < 1.29 is 18.1 Å². The molecule has 2 aliphatic rings. The Morgan fingerprint density at radius 2 is 1.84 bits per heavy atom. The van der Waals surface area contributed by atoms with Crippen LogP contribution in [0.3, 0.4) is 0 Å². The number of amides is 1. The van der Waals surface area contributed by atoms with Gasteiger partial charge in [0, 0.05) is 25.7 Å². The van der Waals surface area contributed by atoms with Gasteiger partial charge in [0.1, 0.15) is 0 Å². The molecule has 0 N–H and O–H groups in total. The molecule has 31 heavy (non-hydrogen) atoms. The summed E-state index contributed by atoms with van der Waals surface area (Å²) in [6, 6.07) is 11.5. The number of rotatable bonds is 4. The van der Waals surface area contributed by atoms with Gasteiger partial charge in [-0.1, -0.05) is 23.8 Å². The first-order valence-corrected chi connectivity index (χ1v) is 11.9. The molecule has 0 aromatic heterocycles. The minimum absolute atomic E-state index is 0.0298. The van der Waals surface area contributed by atoms with Gasteiger partial charge in [0.05, 0.1) is 27.0 Å². The Bertz CT molecular complexity index is 1110. The molecule has 0 spiro atoms. The zero-order valence-electron chi connectivity index (χ0n) is 17.4. The van der Waals surface area contributed by atoms with Gasteiger partial charge in [0.25, 0.3) is 5.69 Å². The second kappa shape index (κ2) is 8.39. The van der Waals surface area contributed by atoms with Crippen LogP contribution >= 0.6 is 0 Å². The van der Waals surface area contributed by atoms with E-state index in [9.17, 15) is 23.3 Å². The first-order chi connectivity index (χ1) is 14.8. The lowest BCUT2D eigenvalue weighted by Gasteiger charge is -2.36. The fourth-order valence-corrected chi connectivity index (χ4v) is 5.97. The summed E-state index contributed by atoms with van der Waals surface area (Å²) in [5, 5.41) is 11.4. The van der Waals surface area contributed by atoms with Crippen molar-refractivity contribution in [2.45, 2.75) is 37.5 Å². The number of sulfonamides is 1. The molecule has 1 atom stereocenters. The molecule has 0 bridgehead atoms. The number of carbonyl (C=O) groups is 1. The van der Waals surface area contributed by atoms with Crippen LogP contribution in [0.25, 0.3) is 0 Å². The molecule has 0 aliphatic carbocycles. The molecule has 8 nitrogen and oxygen atoms in total. The quantitative estimate of drug-likeness (QED) is 0.533. The Morgan fingerprint density at radius 1 is 1.10 bits per heavy atom. The number of aryl methyl sites for hydroxylation is 1. The molecule has 0 radical (unpaired) electrons. The number of benzene rings is 2. The van der Waals surface area contributed by atoms with Crippen LogP contribution in [-0.4, -0.2) is 43.2 Å². The molecule has 2 aromatic rings. The van der Waals surface area contributed by atoms with Gasteiger partial charge >= 0.3 is 0 Å². The summed E-state index contributed by atoms with van der Waals surface area (Å²) in [5.74, 6) is -0.635. The number of nitro groups is 1. The number of anilines is 1. The molecule has 0 saturated carbocycles. The van der Waals surface area contributed by atoms with Crippen LogP contribution in [-0.2, 0) is 21.2 Å². The predicted octanol–water partition coefficient (Wildman–Crippen LogP) is 3.28. The molecule has 2 aliphatic heterocycles. The van der Waals surface area contributed by atoms with Crippen LogP contribution in [0.2, 0.25) is 0 Å². The van der Waals surface area contributed by atoms with E-state index < -0.39 is 20.9 Å². The number of fused-ring (bicyclic) bond motifs is 1. The lowest BCUT2D eigenvalue weighted by molar-refractivity contribution is -0.385. The Labute approximate surface area is 181 Å². The maximum absolute atomic E-state index is 13.4. The van der Waals surface area contributed by atoms with E-state index in [0.717, 1.165) is 5.56 Å². The van der Waals surface area contributed by atoms with Crippen molar-refractivity contribution in [3.63, 3.8) is 0 Å². The van der Waals surface area contributed by atoms with E-state index in [-0.39, 0.29) is 23.0 Å². The van der Waals surface area contributed by atoms with E-state index in [0.29, 0.717) is 50.0 Å². The summed E-state index contributed by atoms with van der Waals surface area (Å²) in [5.41, 5.74) is 2.15. The van der Waals surface area contributed by atoms with E-state index in [1.54, 1.807) is 41.3 Å². The van der Waals surface area contributed by atoms with Crippen molar-refractivity contribution >= 4 is 27.3 Å². The number of nitro benzene ring substituents is 1. The normalized spacial score (nSPS) is 19.6. The SMILES string of the molecule is Cc1ccc(S(=O)(=O)N2CCCC(C(=O)N3CCCc4c3cccc4[N+](=O)[O-])C2)cc1. The number of piperidine rings is 1. The topological polar surface area (TPSA) is 101 Å². The van der Waals surface area contributed by atoms with Crippen LogP contribution in [0.5, 0.6) is 0 Å². The van der Waals surface area contributed by atoms with Crippen molar-refractivity contribution in [3.8, 4) is 0 Å². The lowest BCUT2D eigenvalue weighted by Crippen LogP contribution is -2.48. The van der Waals surface area contributed by atoms with E-state index in [4.69, 9.17) is 0 Å². The van der Waals surface area contributed by atoms with Gasteiger partial charge in [-0.3, -0.25) is 14.9 Å². The van der Waals surface area contributed by atoms with Gasteiger partial charge in [-0.25, -0.2) is 8.42 Å². The van der Waals surface area contributed by atoms with Crippen LogP contribution in [0.4, 0.5) is 11.4 Å². The van der Waals surface area contributed by atoms with Crippen LogP contribution in [0.1, 0.15) is 30.4 Å². The second-order valence-corrected chi connectivity index (χ2v) is 10.1.